The van der Waals surface area contributed by atoms with Gasteiger partial charge in [0.1, 0.15) is 13.0 Å². The van der Waals surface area contributed by atoms with Crippen LogP contribution in [0.15, 0.2) is 18.3 Å². The number of rotatable bonds is 2. The fraction of sp³-hybridized carbons (Fsp3) is 0.385. The molecule has 0 saturated carbocycles. The van der Waals surface area contributed by atoms with E-state index in [1.54, 1.807) is 19.5 Å². The van der Waals surface area contributed by atoms with Crippen molar-refractivity contribution in [2.24, 2.45) is 0 Å². The Hall–Kier alpha value is -1.21. The topological polar surface area (TPSA) is 42.9 Å². The molecule has 1 aromatic heterocycles. The molecule has 1 heterocycles. The van der Waals surface area contributed by atoms with E-state index in [2.05, 4.69) is 16.9 Å². The molecule has 0 atom stereocenters. The normalized spacial score (nSPS) is 12.0. The highest BCUT2D eigenvalue weighted by atomic mass is 31.2. The van der Waals surface area contributed by atoms with Gasteiger partial charge in [0.25, 0.3) is 0 Å². The van der Waals surface area contributed by atoms with Gasteiger partial charge in [-0.3, -0.25) is 0 Å². The SMILES string of the molecule is CCc1ccc2nc(C)ncc2c1P(C)(C)=O. The molecule has 2 aromatic rings. The summed E-state index contributed by atoms with van der Waals surface area (Å²) in [7, 11) is -2.31. The summed E-state index contributed by atoms with van der Waals surface area (Å²) >= 11 is 0. The number of benzene rings is 1. The molecule has 0 radical (unpaired) electrons. The molecule has 0 bridgehead atoms. The van der Waals surface area contributed by atoms with E-state index in [9.17, 15) is 4.57 Å². The van der Waals surface area contributed by atoms with E-state index >= 15 is 0 Å². The average molecular weight is 248 g/mol. The summed E-state index contributed by atoms with van der Waals surface area (Å²) in [6.07, 6.45) is 2.68. The highest BCUT2D eigenvalue weighted by Crippen LogP contribution is 2.38. The van der Waals surface area contributed by atoms with Crippen LogP contribution in [0.25, 0.3) is 10.9 Å². The van der Waals surface area contributed by atoms with Crippen molar-refractivity contribution < 1.29 is 4.57 Å². The van der Waals surface area contributed by atoms with Crippen LogP contribution in [-0.4, -0.2) is 23.3 Å². The summed E-state index contributed by atoms with van der Waals surface area (Å²) < 4.78 is 12.4. The fourth-order valence-electron chi connectivity index (χ4n) is 2.15. The minimum absolute atomic E-state index is 0.745. The van der Waals surface area contributed by atoms with Crippen molar-refractivity contribution in [2.75, 3.05) is 13.3 Å². The Kier molecular flexibility index (Phi) is 3.05. The molecule has 0 aliphatic carbocycles. The summed E-state index contributed by atoms with van der Waals surface area (Å²) in [5.41, 5.74) is 2.02. The van der Waals surface area contributed by atoms with Crippen molar-refractivity contribution in [3.05, 3.63) is 29.7 Å². The minimum atomic E-state index is -2.31. The highest BCUT2D eigenvalue weighted by molar-refractivity contribution is 7.70. The number of hydrogen-bond donors (Lipinski definition) is 0. The van der Waals surface area contributed by atoms with Gasteiger partial charge in [-0.05, 0) is 38.3 Å². The minimum Gasteiger partial charge on any atom is -0.319 e. The Morgan fingerprint density at radius 1 is 1.29 bits per heavy atom. The average Bonchev–Trinajstić information content (AvgIpc) is 2.25. The molecule has 0 amide bonds. The lowest BCUT2D eigenvalue weighted by atomic mass is 10.1. The second-order valence-corrected chi connectivity index (χ2v) is 7.78. The second-order valence-electron chi connectivity index (χ2n) is 4.63. The van der Waals surface area contributed by atoms with Crippen molar-refractivity contribution >= 4 is 23.3 Å². The first kappa shape index (κ1) is 12.3. The van der Waals surface area contributed by atoms with Gasteiger partial charge in [0, 0.05) is 16.9 Å². The predicted molar refractivity (Wildman–Crippen MR) is 72.7 cm³/mol. The molecule has 0 aliphatic heterocycles. The predicted octanol–water partition coefficient (Wildman–Crippen LogP) is 2.75. The molecular formula is C13H17N2OP. The molecule has 0 unspecified atom stereocenters. The smallest absolute Gasteiger partial charge is 0.125 e. The van der Waals surface area contributed by atoms with Gasteiger partial charge in [-0.1, -0.05) is 13.0 Å². The Morgan fingerprint density at radius 2 is 2.00 bits per heavy atom. The largest absolute Gasteiger partial charge is 0.319 e. The molecule has 17 heavy (non-hydrogen) atoms. The first-order valence-electron chi connectivity index (χ1n) is 5.74. The lowest BCUT2D eigenvalue weighted by molar-refractivity contribution is 0.588. The Bertz CT molecular complexity index is 616. The first-order valence-corrected chi connectivity index (χ1v) is 8.34. The first-order chi connectivity index (χ1) is 7.93. The Morgan fingerprint density at radius 3 is 2.59 bits per heavy atom. The summed E-state index contributed by atoms with van der Waals surface area (Å²) in [6, 6.07) is 4.02. The van der Waals surface area contributed by atoms with Crippen LogP contribution >= 0.6 is 7.14 Å². The molecule has 0 spiro atoms. The van der Waals surface area contributed by atoms with Crippen molar-refractivity contribution in [3.8, 4) is 0 Å². The van der Waals surface area contributed by atoms with Gasteiger partial charge in [-0.25, -0.2) is 9.97 Å². The van der Waals surface area contributed by atoms with Crippen molar-refractivity contribution in [1.82, 2.24) is 9.97 Å². The van der Waals surface area contributed by atoms with E-state index in [0.717, 1.165) is 34.0 Å². The van der Waals surface area contributed by atoms with E-state index in [4.69, 9.17) is 0 Å². The second kappa shape index (κ2) is 4.23. The molecule has 4 heteroatoms. The van der Waals surface area contributed by atoms with Crippen LogP contribution in [0, 0.1) is 6.92 Å². The maximum atomic E-state index is 12.4. The Labute approximate surface area is 102 Å². The maximum Gasteiger partial charge on any atom is 0.125 e. The van der Waals surface area contributed by atoms with Crippen molar-refractivity contribution in [1.29, 1.82) is 0 Å². The van der Waals surface area contributed by atoms with Gasteiger partial charge in [-0.15, -0.1) is 0 Å². The molecular weight excluding hydrogens is 231 g/mol. The Balaban J connectivity index is 2.89. The number of nitrogens with zero attached hydrogens (tertiary/aromatic N) is 2. The number of hydrogen-bond acceptors (Lipinski definition) is 3. The zero-order valence-corrected chi connectivity index (χ0v) is 11.6. The number of fused-ring (bicyclic) bond motifs is 1. The van der Waals surface area contributed by atoms with E-state index in [-0.39, 0.29) is 0 Å². The molecule has 0 N–H and O–H groups in total. The third-order valence-electron chi connectivity index (χ3n) is 2.86. The maximum absolute atomic E-state index is 12.4. The molecule has 1 aromatic carbocycles. The van der Waals surface area contributed by atoms with Crippen LogP contribution in [0.4, 0.5) is 0 Å². The van der Waals surface area contributed by atoms with Gasteiger partial charge in [-0.2, -0.15) is 0 Å². The van der Waals surface area contributed by atoms with Gasteiger partial charge in [0.05, 0.1) is 5.52 Å². The molecule has 0 saturated heterocycles. The quantitative estimate of drug-likeness (QED) is 0.767. The van der Waals surface area contributed by atoms with Gasteiger partial charge < -0.3 is 4.57 Å². The van der Waals surface area contributed by atoms with Gasteiger partial charge >= 0.3 is 0 Å². The molecule has 3 nitrogen and oxygen atoms in total. The van der Waals surface area contributed by atoms with Crippen molar-refractivity contribution in [3.63, 3.8) is 0 Å². The summed E-state index contributed by atoms with van der Waals surface area (Å²) in [6.45, 7) is 7.56. The lowest BCUT2D eigenvalue weighted by Crippen LogP contribution is -2.12. The van der Waals surface area contributed by atoms with Gasteiger partial charge in [0.2, 0.25) is 0 Å². The number of aromatic nitrogens is 2. The van der Waals surface area contributed by atoms with Crippen molar-refractivity contribution in [2.45, 2.75) is 20.3 Å². The van der Waals surface area contributed by atoms with E-state index in [1.165, 1.54) is 0 Å². The van der Waals surface area contributed by atoms with E-state index < -0.39 is 7.14 Å². The van der Waals surface area contributed by atoms with Crippen LogP contribution in [-0.2, 0) is 11.0 Å². The van der Waals surface area contributed by atoms with Gasteiger partial charge in [0.15, 0.2) is 0 Å². The van der Waals surface area contributed by atoms with Crippen LogP contribution < -0.4 is 5.30 Å². The summed E-state index contributed by atoms with van der Waals surface area (Å²) in [5.74, 6) is 0.745. The highest BCUT2D eigenvalue weighted by Gasteiger charge is 2.19. The standard InChI is InChI=1S/C13H17N2OP/c1-5-10-6-7-12-11(8-14-9(2)15-12)13(10)17(3,4)16/h6-8H,5H2,1-4H3. The molecule has 0 aliphatic rings. The number of aryl methyl sites for hydroxylation is 2. The molecule has 0 fully saturated rings. The van der Waals surface area contributed by atoms with Crippen LogP contribution in [0.3, 0.4) is 0 Å². The monoisotopic (exact) mass is 248 g/mol. The van der Waals surface area contributed by atoms with Crippen LogP contribution in [0.2, 0.25) is 0 Å². The zero-order valence-electron chi connectivity index (χ0n) is 10.7. The lowest BCUT2D eigenvalue weighted by Gasteiger charge is -2.15. The van der Waals surface area contributed by atoms with Crippen LogP contribution in [0.1, 0.15) is 18.3 Å². The zero-order chi connectivity index (χ0) is 12.6. The van der Waals surface area contributed by atoms with Crippen LogP contribution in [0.5, 0.6) is 0 Å². The summed E-state index contributed by atoms with van der Waals surface area (Å²) in [4.78, 5) is 8.62. The van der Waals surface area contributed by atoms with E-state index in [1.807, 2.05) is 19.1 Å². The third kappa shape index (κ3) is 2.25. The summed E-state index contributed by atoms with van der Waals surface area (Å²) in [5, 5.41) is 1.88. The third-order valence-corrected chi connectivity index (χ3v) is 4.46. The molecule has 90 valence electrons. The fourth-order valence-corrected chi connectivity index (χ4v) is 3.83. The molecule has 2 rings (SSSR count). The van der Waals surface area contributed by atoms with E-state index in [0.29, 0.717) is 0 Å².